The van der Waals surface area contributed by atoms with Gasteiger partial charge in [-0.2, -0.15) is 0 Å². The number of hydrogen-bond donors (Lipinski definition) is 1. The van der Waals surface area contributed by atoms with Crippen molar-refractivity contribution in [2.24, 2.45) is 7.05 Å². The van der Waals surface area contributed by atoms with Crippen LogP contribution in [0.1, 0.15) is 22.9 Å². The van der Waals surface area contributed by atoms with Crippen LogP contribution in [0.5, 0.6) is 0 Å². The molecule has 3 aromatic rings. The normalized spacial score (nSPS) is 10.9. The Morgan fingerprint density at radius 1 is 1.32 bits per heavy atom. The summed E-state index contributed by atoms with van der Waals surface area (Å²) >= 11 is 1.75. The third-order valence-corrected chi connectivity index (χ3v) is 4.63. The number of nitrogens with zero attached hydrogens (tertiary/aromatic N) is 4. The molecule has 0 amide bonds. The Hall–Kier alpha value is -2.21. The second-order valence-electron chi connectivity index (χ2n) is 5.24. The first-order chi connectivity index (χ1) is 10.7. The van der Waals surface area contributed by atoms with E-state index < -0.39 is 0 Å². The topological polar surface area (TPSA) is 55.6 Å². The lowest BCUT2D eigenvalue weighted by molar-refractivity contribution is 0.714. The minimum atomic E-state index is 0.781. The van der Waals surface area contributed by atoms with Crippen LogP contribution >= 0.6 is 11.3 Å². The van der Waals surface area contributed by atoms with Gasteiger partial charge in [-0.1, -0.05) is 13.0 Å². The van der Waals surface area contributed by atoms with Gasteiger partial charge in [0.15, 0.2) is 5.82 Å². The van der Waals surface area contributed by atoms with Gasteiger partial charge < -0.3 is 5.32 Å². The maximum atomic E-state index is 4.16. The molecule has 0 radical (unpaired) electrons. The first kappa shape index (κ1) is 14.7. The Balaban J connectivity index is 1.99. The summed E-state index contributed by atoms with van der Waals surface area (Å²) in [6, 6.07) is 8.59. The van der Waals surface area contributed by atoms with E-state index in [0.717, 1.165) is 30.0 Å². The van der Waals surface area contributed by atoms with Gasteiger partial charge in [0.1, 0.15) is 0 Å². The van der Waals surface area contributed by atoms with Crippen molar-refractivity contribution in [1.29, 1.82) is 0 Å². The molecular weight excluding hydrogens is 294 g/mol. The smallest absolute Gasteiger partial charge is 0.183 e. The lowest BCUT2D eigenvalue weighted by atomic mass is 10.0. The van der Waals surface area contributed by atoms with Crippen molar-refractivity contribution in [1.82, 2.24) is 20.2 Å². The molecule has 0 unspecified atom stereocenters. The molecule has 22 heavy (non-hydrogen) atoms. The number of aryl methyl sites for hydroxylation is 3. The van der Waals surface area contributed by atoms with E-state index in [1.807, 2.05) is 7.05 Å². The number of tetrazole rings is 1. The van der Waals surface area contributed by atoms with Gasteiger partial charge in [-0.15, -0.1) is 16.4 Å². The van der Waals surface area contributed by atoms with Crippen molar-refractivity contribution in [3.05, 3.63) is 45.6 Å². The molecule has 114 valence electrons. The van der Waals surface area contributed by atoms with Crippen LogP contribution in [0.2, 0.25) is 0 Å². The highest BCUT2D eigenvalue weighted by atomic mass is 32.1. The van der Waals surface area contributed by atoms with Gasteiger partial charge in [-0.05, 0) is 58.5 Å². The van der Waals surface area contributed by atoms with Gasteiger partial charge in [-0.3, -0.25) is 0 Å². The fourth-order valence-corrected chi connectivity index (χ4v) is 3.16. The average Bonchev–Trinajstić information content (AvgIpc) is 3.17. The van der Waals surface area contributed by atoms with Gasteiger partial charge in [0.05, 0.1) is 0 Å². The Kier molecular flexibility index (Phi) is 4.20. The van der Waals surface area contributed by atoms with Crippen LogP contribution in [0.3, 0.4) is 0 Å². The van der Waals surface area contributed by atoms with Crippen LogP contribution in [0, 0.1) is 6.92 Å². The highest BCUT2D eigenvalue weighted by molar-refractivity contribution is 7.09. The third kappa shape index (κ3) is 2.87. The van der Waals surface area contributed by atoms with E-state index in [1.54, 1.807) is 16.0 Å². The lowest BCUT2D eigenvalue weighted by Crippen LogP contribution is -2.04. The molecule has 0 spiro atoms. The van der Waals surface area contributed by atoms with E-state index in [1.165, 1.54) is 16.0 Å². The lowest BCUT2D eigenvalue weighted by Gasteiger charge is -2.14. The van der Waals surface area contributed by atoms with Crippen LogP contribution in [-0.4, -0.2) is 20.2 Å². The van der Waals surface area contributed by atoms with Crippen molar-refractivity contribution < 1.29 is 0 Å². The molecule has 0 fully saturated rings. The maximum Gasteiger partial charge on any atom is 0.183 e. The summed E-state index contributed by atoms with van der Waals surface area (Å²) in [6.45, 7) is 5.12. The summed E-state index contributed by atoms with van der Waals surface area (Å²) in [5.41, 5.74) is 4.72. The predicted octanol–water partition coefficient (Wildman–Crippen LogP) is 3.42. The largest absolute Gasteiger partial charge is 0.380 e. The third-order valence-electron chi connectivity index (χ3n) is 3.75. The number of thiophene rings is 1. The molecule has 0 bridgehead atoms. The first-order valence-corrected chi connectivity index (χ1v) is 8.19. The second-order valence-corrected chi connectivity index (χ2v) is 6.27. The fraction of sp³-hybridized carbons (Fsp3) is 0.312. The quantitative estimate of drug-likeness (QED) is 0.784. The van der Waals surface area contributed by atoms with Gasteiger partial charge in [0, 0.05) is 29.7 Å². The number of nitrogens with one attached hydrogen (secondary N) is 1. The summed E-state index contributed by atoms with van der Waals surface area (Å²) in [4.78, 5) is 1.30. The van der Waals surface area contributed by atoms with Gasteiger partial charge in [0.25, 0.3) is 0 Å². The predicted molar refractivity (Wildman–Crippen MR) is 90.0 cm³/mol. The summed E-state index contributed by atoms with van der Waals surface area (Å²) in [6.07, 6.45) is 0.995. The summed E-state index contributed by atoms with van der Waals surface area (Å²) < 4.78 is 1.71. The van der Waals surface area contributed by atoms with Crippen molar-refractivity contribution in [3.8, 4) is 11.4 Å². The number of rotatable bonds is 5. The summed E-state index contributed by atoms with van der Waals surface area (Å²) in [5, 5.41) is 17.5. The van der Waals surface area contributed by atoms with E-state index in [-0.39, 0.29) is 0 Å². The molecule has 2 heterocycles. The SMILES string of the molecule is CCc1cc(-c2nnnn2C)c(NCc2cccs2)cc1C. The zero-order valence-electron chi connectivity index (χ0n) is 13.0. The molecule has 1 N–H and O–H groups in total. The minimum absolute atomic E-state index is 0.781. The van der Waals surface area contributed by atoms with E-state index in [0.29, 0.717) is 0 Å². The molecule has 0 aliphatic carbocycles. The second kappa shape index (κ2) is 6.27. The monoisotopic (exact) mass is 313 g/mol. The minimum Gasteiger partial charge on any atom is -0.380 e. The molecule has 2 aromatic heterocycles. The highest BCUT2D eigenvalue weighted by Gasteiger charge is 2.14. The molecule has 1 aromatic carbocycles. The molecule has 5 nitrogen and oxygen atoms in total. The molecular formula is C16H19N5S. The Morgan fingerprint density at radius 2 is 2.18 bits per heavy atom. The van der Waals surface area contributed by atoms with E-state index >= 15 is 0 Å². The highest BCUT2D eigenvalue weighted by Crippen LogP contribution is 2.30. The molecule has 0 saturated heterocycles. The molecule has 0 atom stereocenters. The zero-order valence-corrected chi connectivity index (χ0v) is 13.8. The summed E-state index contributed by atoms with van der Waals surface area (Å²) in [7, 11) is 1.86. The van der Waals surface area contributed by atoms with Crippen molar-refractivity contribution >= 4 is 17.0 Å². The molecule has 6 heteroatoms. The molecule has 0 saturated carbocycles. The van der Waals surface area contributed by atoms with E-state index in [9.17, 15) is 0 Å². The van der Waals surface area contributed by atoms with Gasteiger partial charge in [-0.25, -0.2) is 4.68 Å². The fourth-order valence-electron chi connectivity index (χ4n) is 2.52. The van der Waals surface area contributed by atoms with Crippen LogP contribution in [0.25, 0.3) is 11.4 Å². The van der Waals surface area contributed by atoms with Crippen LogP contribution in [0.15, 0.2) is 29.6 Å². The van der Waals surface area contributed by atoms with Crippen LogP contribution in [0.4, 0.5) is 5.69 Å². The van der Waals surface area contributed by atoms with Crippen LogP contribution < -0.4 is 5.32 Å². The van der Waals surface area contributed by atoms with E-state index in [2.05, 4.69) is 64.3 Å². The zero-order chi connectivity index (χ0) is 15.5. The standard InChI is InChI=1S/C16H19N5S/c1-4-12-9-14(16-18-19-20-21(16)3)15(8-11(12)2)17-10-13-6-5-7-22-13/h5-9,17H,4,10H2,1-3H3. The molecule has 0 aliphatic heterocycles. The number of hydrogen-bond acceptors (Lipinski definition) is 5. The van der Waals surface area contributed by atoms with E-state index in [4.69, 9.17) is 0 Å². The number of benzene rings is 1. The Labute approximate surface area is 134 Å². The number of aromatic nitrogens is 4. The average molecular weight is 313 g/mol. The Morgan fingerprint density at radius 3 is 2.82 bits per heavy atom. The molecule has 0 aliphatic rings. The maximum absolute atomic E-state index is 4.16. The van der Waals surface area contributed by atoms with Gasteiger partial charge in [0.2, 0.25) is 0 Å². The number of anilines is 1. The Bertz CT molecular complexity index is 761. The van der Waals surface area contributed by atoms with Gasteiger partial charge >= 0.3 is 0 Å². The molecule has 3 rings (SSSR count). The van der Waals surface area contributed by atoms with Crippen molar-refractivity contribution in [2.75, 3.05) is 5.32 Å². The van der Waals surface area contributed by atoms with Crippen molar-refractivity contribution in [3.63, 3.8) is 0 Å². The van der Waals surface area contributed by atoms with Crippen LogP contribution in [-0.2, 0) is 20.0 Å². The van der Waals surface area contributed by atoms with Crippen molar-refractivity contribution in [2.45, 2.75) is 26.8 Å². The summed E-state index contributed by atoms with van der Waals surface area (Å²) in [5.74, 6) is 0.781. The first-order valence-electron chi connectivity index (χ1n) is 7.31.